The molecule has 3 heterocycles. The van der Waals surface area contributed by atoms with Gasteiger partial charge in [-0.05, 0) is 49.9 Å². The summed E-state index contributed by atoms with van der Waals surface area (Å²) < 4.78 is 0. The van der Waals surface area contributed by atoms with E-state index >= 15 is 0 Å². The Hall–Kier alpha value is -2.60. The molecule has 2 aromatic rings. The number of nitrogens with one attached hydrogen (secondary N) is 2. The lowest BCUT2D eigenvalue weighted by Crippen LogP contribution is -2.62. The van der Waals surface area contributed by atoms with Crippen molar-refractivity contribution in [1.82, 2.24) is 9.88 Å². The van der Waals surface area contributed by atoms with Crippen molar-refractivity contribution >= 4 is 34.8 Å². The molecule has 1 amide bonds. The summed E-state index contributed by atoms with van der Waals surface area (Å²) in [7, 11) is 0. The number of benzene rings is 1. The second-order valence-corrected chi connectivity index (χ2v) is 8.86. The number of hydrogen-bond acceptors (Lipinski definition) is 4. The number of amidine groups is 1. The number of rotatable bonds is 2. The fraction of sp³-hybridized carbons (Fsp3) is 0.435. The number of amides is 1. The number of aromatic nitrogens is 1. The summed E-state index contributed by atoms with van der Waals surface area (Å²) in [6.45, 7) is 1.26. The molecular formula is C23H26ClN5O. The Morgan fingerprint density at radius 3 is 2.83 bits per heavy atom. The van der Waals surface area contributed by atoms with E-state index in [-0.39, 0.29) is 5.91 Å². The molecule has 2 fully saturated rings. The Labute approximate surface area is 181 Å². The largest absolute Gasteiger partial charge is 0.368 e. The third kappa shape index (κ3) is 3.54. The van der Waals surface area contributed by atoms with Crippen molar-refractivity contribution in [2.45, 2.75) is 50.1 Å². The third-order valence-electron chi connectivity index (χ3n) is 6.39. The number of halogens is 1. The minimum Gasteiger partial charge on any atom is -0.368 e. The first-order valence-electron chi connectivity index (χ1n) is 10.8. The Morgan fingerprint density at radius 2 is 2.00 bits per heavy atom. The predicted octanol–water partition coefficient (Wildman–Crippen LogP) is 4.59. The molecule has 6 nitrogen and oxygen atoms in total. The summed E-state index contributed by atoms with van der Waals surface area (Å²) in [5.41, 5.74) is 1.07. The topological polar surface area (TPSA) is 69.6 Å². The molecule has 1 saturated heterocycles. The number of likely N-dealkylation sites (tertiary alicyclic amines) is 1. The third-order valence-corrected chi connectivity index (χ3v) is 6.72. The lowest BCUT2D eigenvalue weighted by Gasteiger charge is -2.47. The second kappa shape index (κ2) is 7.91. The van der Waals surface area contributed by atoms with Crippen molar-refractivity contribution in [2.75, 3.05) is 23.7 Å². The molecule has 1 aromatic carbocycles. The quantitative estimate of drug-likeness (QED) is 0.741. The van der Waals surface area contributed by atoms with Gasteiger partial charge in [-0.1, -0.05) is 36.6 Å². The molecule has 0 bridgehead atoms. The van der Waals surface area contributed by atoms with E-state index in [2.05, 4.69) is 15.6 Å². The van der Waals surface area contributed by atoms with Crippen LogP contribution in [0.4, 0.5) is 11.5 Å². The van der Waals surface area contributed by atoms with Crippen molar-refractivity contribution < 1.29 is 4.79 Å². The van der Waals surface area contributed by atoms with Gasteiger partial charge in [-0.25, -0.2) is 4.98 Å². The molecule has 7 heteroatoms. The van der Waals surface area contributed by atoms with Gasteiger partial charge in [-0.2, -0.15) is 0 Å². The zero-order valence-corrected chi connectivity index (χ0v) is 17.7. The van der Waals surface area contributed by atoms with Crippen molar-refractivity contribution in [2.24, 2.45) is 4.99 Å². The van der Waals surface area contributed by atoms with Gasteiger partial charge in [-0.3, -0.25) is 9.79 Å². The fourth-order valence-corrected chi connectivity index (χ4v) is 5.07. The summed E-state index contributed by atoms with van der Waals surface area (Å²) in [5.74, 6) is 1.69. The van der Waals surface area contributed by atoms with Crippen LogP contribution < -0.4 is 10.6 Å². The summed E-state index contributed by atoms with van der Waals surface area (Å²) in [4.78, 5) is 24.8. The van der Waals surface area contributed by atoms with Gasteiger partial charge in [0.2, 0.25) is 0 Å². The van der Waals surface area contributed by atoms with Gasteiger partial charge < -0.3 is 15.5 Å². The van der Waals surface area contributed by atoms with E-state index in [0.29, 0.717) is 29.7 Å². The van der Waals surface area contributed by atoms with Crippen LogP contribution in [0.1, 0.15) is 48.9 Å². The van der Waals surface area contributed by atoms with Crippen LogP contribution in [-0.4, -0.2) is 46.3 Å². The Kier molecular flexibility index (Phi) is 5.11. The molecule has 1 aliphatic carbocycles. The number of nitrogens with zero attached hydrogens (tertiary/aromatic N) is 3. The highest BCUT2D eigenvalue weighted by atomic mass is 35.5. The van der Waals surface area contributed by atoms with E-state index in [4.69, 9.17) is 16.6 Å². The van der Waals surface area contributed by atoms with Crippen LogP contribution in [0, 0.1) is 0 Å². The monoisotopic (exact) mass is 423 g/mol. The van der Waals surface area contributed by atoms with Crippen molar-refractivity contribution in [1.29, 1.82) is 0 Å². The summed E-state index contributed by atoms with van der Waals surface area (Å²) in [6.07, 6.45) is 8.29. The zero-order chi connectivity index (χ0) is 20.6. The van der Waals surface area contributed by atoms with Gasteiger partial charge in [0.15, 0.2) is 5.82 Å². The number of piperidine rings is 1. The van der Waals surface area contributed by atoms with Crippen LogP contribution in [-0.2, 0) is 0 Å². The molecule has 1 aromatic heterocycles. The zero-order valence-electron chi connectivity index (χ0n) is 16.9. The van der Waals surface area contributed by atoms with E-state index in [1.54, 1.807) is 18.3 Å². The highest BCUT2D eigenvalue weighted by Crippen LogP contribution is 2.36. The Morgan fingerprint density at radius 1 is 1.17 bits per heavy atom. The lowest BCUT2D eigenvalue weighted by atomic mass is 9.85. The highest BCUT2D eigenvalue weighted by molar-refractivity contribution is 6.33. The Bertz CT molecular complexity index is 987. The average Bonchev–Trinajstić information content (AvgIpc) is 3.28. The van der Waals surface area contributed by atoms with Gasteiger partial charge >= 0.3 is 0 Å². The SMILES string of the molecule is O=C(c1ccccc1Cl)N1CCC[C@@]2(C1)Nc1cccnc1NC2=NC1CCCC1. The number of aliphatic imine (C=N–C) groups is 1. The predicted molar refractivity (Wildman–Crippen MR) is 120 cm³/mol. The van der Waals surface area contributed by atoms with Gasteiger partial charge in [0.1, 0.15) is 11.4 Å². The second-order valence-electron chi connectivity index (χ2n) is 8.46. The van der Waals surface area contributed by atoms with Crippen molar-refractivity contribution in [3.8, 4) is 0 Å². The minimum absolute atomic E-state index is 0.0290. The summed E-state index contributed by atoms with van der Waals surface area (Å²) in [6, 6.07) is 11.6. The molecule has 1 saturated carbocycles. The number of hydrogen-bond donors (Lipinski definition) is 2. The van der Waals surface area contributed by atoms with Crippen LogP contribution in [0.15, 0.2) is 47.6 Å². The minimum atomic E-state index is -0.437. The molecular weight excluding hydrogens is 398 g/mol. The van der Waals surface area contributed by atoms with Crippen molar-refractivity contribution in [3.05, 3.63) is 53.2 Å². The number of carbonyl (C=O) groups excluding carboxylic acids is 1. The number of pyridine rings is 1. The summed E-state index contributed by atoms with van der Waals surface area (Å²) >= 11 is 6.32. The molecule has 0 unspecified atom stereocenters. The van der Waals surface area contributed by atoms with Gasteiger partial charge in [0, 0.05) is 12.7 Å². The average molecular weight is 424 g/mol. The molecule has 156 valence electrons. The number of carbonyl (C=O) groups is 1. The smallest absolute Gasteiger partial charge is 0.255 e. The number of anilines is 2. The van der Waals surface area contributed by atoms with Crippen molar-refractivity contribution in [3.63, 3.8) is 0 Å². The number of fused-ring (bicyclic) bond motifs is 1. The lowest BCUT2D eigenvalue weighted by molar-refractivity contribution is 0.0694. The van der Waals surface area contributed by atoms with Crippen LogP contribution >= 0.6 is 11.6 Å². The van der Waals surface area contributed by atoms with E-state index in [0.717, 1.165) is 43.0 Å². The standard InChI is InChI=1S/C23H26ClN5O/c24-18-10-4-3-9-17(18)21(30)29-14-6-12-23(15-29)22(26-16-7-1-2-8-16)27-20-19(28-23)11-5-13-25-20/h3-5,9-11,13,16,28H,1-2,6-8,12,14-15H2,(H,25,26,27)/t23-/m0/s1. The van der Waals surface area contributed by atoms with Gasteiger partial charge in [0.25, 0.3) is 5.91 Å². The van der Waals surface area contributed by atoms with E-state index in [1.165, 1.54) is 12.8 Å². The summed E-state index contributed by atoms with van der Waals surface area (Å²) in [5, 5.41) is 7.70. The van der Waals surface area contributed by atoms with Gasteiger partial charge in [-0.15, -0.1) is 0 Å². The first-order chi connectivity index (χ1) is 14.6. The highest BCUT2D eigenvalue weighted by Gasteiger charge is 2.45. The molecule has 2 N–H and O–H groups in total. The van der Waals surface area contributed by atoms with Crippen LogP contribution in [0.2, 0.25) is 5.02 Å². The molecule has 30 heavy (non-hydrogen) atoms. The Balaban J connectivity index is 1.49. The first kappa shape index (κ1) is 19.4. The first-order valence-corrected chi connectivity index (χ1v) is 11.1. The molecule has 2 aliphatic heterocycles. The van der Waals surface area contributed by atoms with Crippen LogP contribution in [0.5, 0.6) is 0 Å². The van der Waals surface area contributed by atoms with E-state index < -0.39 is 5.54 Å². The molecule has 0 radical (unpaired) electrons. The molecule has 1 atom stereocenters. The maximum atomic E-state index is 13.3. The van der Waals surface area contributed by atoms with Gasteiger partial charge in [0.05, 0.1) is 28.9 Å². The van der Waals surface area contributed by atoms with Crippen LogP contribution in [0.25, 0.3) is 0 Å². The van der Waals surface area contributed by atoms with E-state index in [9.17, 15) is 4.79 Å². The molecule has 3 aliphatic rings. The maximum absolute atomic E-state index is 13.3. The molecule has 5 rings (SSSR count). The van der Waals surface area contributed by atoms with Crippen LogP contribution in [0.3, 0.4) is 0 Å². The fourth-order valence-electron chi connectivity index (χ4n) is 4.86. The normalized spacial score (nSPS) is 25.1. The molecule has 1 spiro atoms. The van der Waals surface area contributed by atoms with E-state index in [1.807, 2.05) is 29.2 Å². The maximum Gasteiger partial charge on any atom is 0.255 e.